The summed E-state index contributed by atoms with van der Waals surface area (Å²) in [5.41, 5.74) is 9.20. The second-order valence-electron chi connectivity index (χ2n) is 5.22. The highest BCUT2D eigenvalue weighted by atomic mass is 16.7. The Morgan fingerprint density at radius 1 is 1.42 bits per heavy atom. The van der Waals surface area contributed by atoms with E-state index in [2.05, 4.69) is 14.9 Å². The summed E-state index contributed by atoms with van der Waals surface area (Å²) in [6, 6.07) is 2.89. The van der Waals surface area contributed by atoms with Crippen LogP contribution >= 0.6 is 0 Å². The Balaban J connectivity index is 2.01. The molecule has 1 aliphatic rings. The summed E-state index contributed by atoms with van der Waals surface area (Å²) in [6.07, 6.45) is 6.21. The van der Waals surface area contributed by atoms with Crippen LogP contribution in [0.4, 0.5) is 4.79 Å². The molecule has 1 unspecified atom stereocenters. The first-order valence-corrected chi connectivity index (χ1v) is 7.15. The number of ether oxygens (including phenoxy) is 2. The van der Waals surface area contributed by atoms with E-state index < -0.39 is 12.2 Å². The van der Waals surface area contributed by atoms with Crippen LogP contribution in [-0.2, 0) is 4.74 Å². The minimum Gasteiger partial charge on any atom is -0.437 e. The van der Waals surface area contributed by atoms with Gasteiger partial charge in [-0.05, 0) is 24.6 Å². The molecule has 0 radical (unpaired) electrons. The van der Waals surface area contributed by atoms with E-state index in [1.807, 2.05) is 13.0 Å². The lowest BCUT2D eigenvalue weighted by Gasteiger charge is -2.17. The normalized spacial score (nSPS) is 19.1. The monoisotopic (exact) mass is 328 g/mol. The summed E-state index contributed by atoms with van der Waals surface area (Å²) >= 11 is 0. The SMILES string of the molecule is COC(=O)Oc1ccc2nc(C3=C(C)C(=NO)C(N)C=C3)cn2c1. The Morgan fingerprint density at radius 3 is 2.92 bits per heavy atom. The van der Waals surface area contributed by atoms with Crippen molar-refractivity contribution in [3.63, 3.8) is 0 Å². The van der Waals surface area contributed by atoms with Crippen molar-refractivity contribution in [2.45, 2.75) is 13.0 Å². The lowest BCUT2D eigenvalue weighted by molar-refractivity contribution is 0.121. The molecule has 8 heteroatoms. The van der Waals surface area contributed by atoms with Gasteiger partial charge in [-0.2, -0.15) is 0 Å². The zero-order valence-corrected chi connectivity index (χ0v) is 13.1. The number of aromatic nitrogens is 2. The quantitative estimate of drug-likeness (QED) is 0.495. The number of fused-ring (bicyclic) bond motifs is 1. The van der Waals surface area contributed by atoms with Crippen LogP contribution in [0.25, 0.3) is 11.2 Å². The van der Waals surface area contributed by atoms with Gasteiger partial charge in [0.2, 0.25) is 0 Å². The number of nitrogens with two attached hydrogens (primary N) is 1. The Kier molecular flexibility index (Phi) is 4.05. The molecule has 1 aliphatic carbocycles. The van der Waals surface area contributed by atoms with Crippen LogP contribution in [0.15, 0.2) is 47.4 Å². The van der Waals surface area contributed by atoms with Gasteiger partial charge >= 0.3 is 6.16 Å². The van der Waals surface area contributed by atoms with Gasteiger partial charge in [-0.3, -0.25) is 0 Å². The van der Waals surface area contributed by atoms with Crippen LogP contribution in [-0.4, -0.2) is 39.6 Å². The number of oxime groups is 1. The molecule has 2 aromatic heterocycles. The van der Waals surface area contributed by atoms with Crippen LogP contribution in [0.2, 0.25) is 0 Å². The minimum absolute atomic E-state index is 0.336. The molecule has 0 spiro atoms. The average molecular weight is 328 g/mol. The van der Waals surface area contributed by atoms with Crippen LogP contribution in [0.5, 0.6) is 5.75 Å². The molecule has 8 nitrogen and oxygen atoms in total. The van der Waals surface area contributed by atoms with Crippen molar-refractivity contribution in [2.75, 3.05) is 7.11 Å². The molecule has 0 fully saturated rings. The summed E-state index contributed by atoms with van der Waals surface area (Å²) in [7, 11) is 1.24. The Bertz CT molecular complexity index is 895. The highest BCUT2D eigenvalue weighted by Gasteiger charge is 2.21. The number of hydrogen-bond donors (Lipinski definition) is 2. The van der Waals surface area contributed by atoms with Crippen LogP contribution < -0.4 is 10.5 Å². The van der Waals surface area contributed by atoms with Gasteiger partial charge in [-0.1, -0.05) is 17.3 Å². The van der Waals surface area contributed by atoms with E-state index in [1.54, 1.807) is 35.0 Å². The molecule has 0 aliphatic heterocycles. The smallest absolute Gasteiger partial charge is 0.437 e. The molecule has 0 bridgehead atoms. The van der Waals surface area contributed by atoms with Gasteiger partial charge in [-0.15, -0.1) is 0 Å². The molecule has 3 N–H and O–H groups in total. The molecule has 2 aromatic rings. The van der Waals surface area contributed by atoms with Crippen LogP contribution in [0, 0.1) is 0 Å². The van der Waals surface area contributed by atoms with Crippen LogP contribution in [0.1, 0.15) is 12.6 Å². The fraction of sp³-hybridized carbons (Fsp3) is 0.188. The number of carbonyl (C=O) groups excluding carboxylic acids is 1. The summed E-state index contributed by atoms with van der Waals surface area (Å²) < 4.78 is 11.2. The van der Waals surface area contributed by atoms with Gasteiger partial charge in [0, 0.05) is 11.8 Å². The molecule has 0 aromatic carbocycles. The zero-order chi connectivity index (χ0) is 17.3. The van der Waals surface area contributed by atoms with E-state index in [0.717, 1.165) is 11.1 Å². The topological polar surface area (TPSA) is 111 Å². The highest BCUT2D eigenvalue weighted by molar-refractivity contribution is 6.12. The maximum atomic E-state index is 11.2. The minimum atomic E-state index is -0.791. The van der Waals surface area contributed by atoms with Crippen molar-refractivity contribution in [3.8, 4) is 5.75 Å². The van der Waals surface area contributed by atoms with Crippen molar-refractivity contribution in [1.82, 2.24) is 9.38 Å². The predicted octanol–water partition coefficient (Wildman–Crippen LogP) is 1.98. The predicted molar refractivity (Wildman–Crippen MR) is 87.2 cm³/mol. The van der Waals surface area contributed by atoms with Crippen molar-refractivity contribution in [2.24, 2.45) is 10.9 Å². The maximum absolute atomic E-state index is 11.2. The third kappa shape index (κ3) is 2.74. The third-order valence-corrected chi connectivity index (χ3v) is 3.75. The van der Waals surface area contributed by atoms with Crippen molar-refractivity contribution in [1.29, 1.82) is 0 Å². The summed E-state index contributed by atoms with van der Waals surface area (Å²) in [5.74, 6) is 0.336. The fourth-order valence-electron chi connectivity index (χ4n) is 2.52. The molecule has 0 saturated heterocycles. The number of rotatable bonds is 2. The van der Waals surface area contributed by atoms with Gasteiger partial charge in [0.1, 0.15) is 11.4 Å². The first kappa shape index (κ1) is 15.8. The van der Waals surface area contributed by atoms with Crippen molar-refractivity contribution in [3.05, 3.63) is 47.9 Å². The van der Waals surface area contributed by atoms with E-state index >= 15 is 0 Å². The standard InChI is InChI=1S/C16H16N4O4/c1-9-11(4-5-12(17)15(9)19-22)13-8-20-7-10(24-16(21)23-2)3-6-14(20)18-13/h3-8,12,22H,17H2,1-2H3. The number of hydrogen-bond acceptors (Lipinski definition) is 7. The summed E-state index contributed by atoms with van der Waals surface area (Å²) in [4.78, 5) is 15.7. The average Bonchev–Trinajstić information content (AvgIpc) is 2.98. The van der Waals surface area contributed by atoms with Gasteiger partial charge in [0.15, 0.2) is 5.75 Å². The third-order valence-electron chi connectivity index (χ3n) is 3.75. The molecular formula is C16H16N4O4. The number of methoxy groups -OCH3 is 1. The fourth-order valence-corrected chi connectivity index (χ4v) is 2.52. The van der Waals surface area contributed by atoms with Crippen molar-refractivity contribution < 1.29 is 19.5 Å². The van der Waals surface area contributed by atoms with E-state index in [0.29, 0.717) is 22.8 Å². The largest absolute Gasteiger partial charge is 0.513 e. The molecule has 24 heavy (non-hydrogen) atoms. The first-order valence-electron chi connectivity index (χ1n) is 7.15. The number of carbonyl (C=O) groups is 1. The van der Waals surface area contributed by atoms with E-state index in [9.17, 15) is 4.79 Å². The zero-order valence-electron chi connectivity index (χ0n) is 13.1. The second kappa shape index (κ2) is 6.17. The summed E-state index contributed by atoms with van der Waals surface area (Å²) in [5, 5.41) is 12.4. The Hall–Kier alpha value is -3.13. The Morgan fingerprint density at radius 2 is 2.21 bits per heavy atom. The van der Waals surface area contributed by atoms with Gasteiger partial charge in [-0.25, -0.2) is 9.78 Å². The molecule has 1 atom stereocenters. The number of pyridine rings is 1. The molecule has 0 saturated carbocycles. The van der Waals surface area contributed by atoms with Gasteiger partial charge in [0.25, 0.3) is 0 Å². The summed E-state index contributed by atoms with van der Waals surface area (Å²) in [6.45, 7) is 1.82. The van der Waals surface area contributed by atoms with Crippen LogP contribution in [0.3, 0.4) is 0 Å². The first-order chi connectivity index (χ1) is 11.5. The molecule has 0 amide bonds. The lowest BCUT2D eigenvalue weighted by atomic mass is 9.92. The maximum Gasteiger partial charge on any atom is 0.513 e. The second-order valence-corrected chi connectivity index (χ2v) is 5.22. The number of imidazole rings is 1. The Labute approximate surface area is 137 Å². The molecule has 3 rings (SSSR count). The van der Waals surface area contributed by atoms with Gasteiger partial charge in [0.05, 0.1) is 25.0 Å². The van der Waals surface area contributed by atoms with Crippen molar-refractivity contribution >= 4 is 23.1 Å². The molecular weight excluding hydrogens is 312 g/mol. The van der Waals surface area contributed by atoms with E-state index in [-0.39, 0.29) is 0 Å². The van der Waals surface area contributed by atoms with Gasteiger partial charge < -0.3 is 24.8 Å². The van der Waals surface area contributed by atoms with E-state index in [4.69, 9.17) is 15.7 Å². The van der Waals surface area contributed by atoms with E-state index in [1.165, 1.54) is 7.11 Å². The highest BCUT2D eigenvalue weighted by Crippen LogP contribution is 2.26. The lowest BCUT2D eigenvalue weighted by Crippen LogP contribution is -2.31. The number of allylic oxidation sites excluding steroid dienone is 2. The number of nitrogens with zero attached hydrogens (tertiary/aromatic N) is 3. The molecule has 124 valence electrons. The molecule has 2 heterocycles.